The van der Waals surface area contributed by atoms with Gasteiger partial charge in [-0.2, -0.15) is 0 Å². The molecule has 0 aliphatic carbocycles. The predicted molar refractivity (Wildman–Crippen MR) is 90.9 cm³/mol. The Kier molecular flexibility index (Phi) is 4.78. The quantitative estimate of drug-likeness (QED) is 0.856. The lowest BCUT2D eigenvalue weighted by Crippen LogP contribution is -2.41. The topological polar surface area (TPSA) is 23.6 Å². The Labute approximate surface area is 140 Å². The molecule has 0 fully saturated rings. The molecule has 0 saturated carbocycles. The summed E-state index contributed by atoms with van der Waals surface area (Å²) in [6.07, 6.45) is 1.02. The van der Waals surface area contributed by atoms with E-state index in [1.54, 1.807) is 35.4 Å². The summed E-state index contributed by atoms with van der Waals surface area (Å²) >= 11 is 1.81. The van der Waals surface area contributed by atoms with E-state index in [0.29, 0.717) is 13.1 Å². The lowest BCUT2D eigenvalue weighted by atomic mass is 10.0. The van der Waals surface area contributed by atoms with Crippen LogP contribution in [0.5, 0.6) is 0 Å². The summed E-state index contributed by atoms with van der Waals surface area (Å²) in [6.45, 7) is 4.02. The number of thiophene rings is 1. The minimum Gasteiger partial charge on any atom is -0.340 e. The fraction of sp³-hybridized carbons (Fsp3) is 0.389. The number of carbonyl (C=O) groups is 1. The Hall–Kier alpha value is -1.72. The van der Waals surface area contributed by atoms with Gasteiger partial charge in [0.15, 0.2) is 0 Å². The highest BCUT2D eigenvalue weighted by molar-refractivity contribution is 7.10. The van der Waals surface area contributed by atoms with Crippen molar-refractivity contribution < 1.29 is 9.18 Å². The first kappa shape index (κ1) is 16.1. The Morgan fingerprint density at radius 3 is 2.83 bits per heavy atom. The van der Waals surface area contributed by atoms with E-state index < -0.39 is 0 Å². The van der Waals surface area contributed by atoms with Gasteiger partial charge in [0.25, 0.3) is 0 Å². The minimum atomic E-state index is -0.253. The van der Waals surface area contributed by atoms with Gasteiger partial charge in [-0.15, -0.1) is 11.3 Å². The van der Waals surface area contributed by atoms with Crippen molar-refractivity contribution in [3.8, 4) is 0 Å². The average molecular weight is 332 g/mol. The highest BCUT2D eigenvalue weighted by Gasteiger charge is 2.26. The molecule has 0 bridgehead atoms. The van der Waals surface area contributed by atoms with Crippen LogP contribution in [0.3, 0.4) is 0 Å². The maximum absolute atomic E-state index is 12.9. The number of rotatable bonds is 4. The van der Waals surface area contributed by atoms with Crippen LogP contribution in [-0.4, -0.2) is 35.8 Å². The van der Waals surface area contributed by atoms with E-state index >= 15 is 0 Å². The smallest absolute Gasteiger partial charge is 0.236 e. The number of fused-ring (bicyclic) bond motifs is 1. The molecular weight excluding hydrogens is 311 g/mol. The van der Waals surface area contributed by atoms with E-state index in [4.69, 9.17) is 0 Å². The van der Waals surface area contributed by atoms with Crippen molar-refractivity contribution in [2.24, 2.45) is 0 Å². The van der Waals surface area contributed by atoms with Crippen molar-refractivity contribution in [2.75, 3.05) is 20.1 Å². The van der Waals surface area contributed by atoms with Gasteiger partial charge in [-0.05, 0) is 48.1 Å². The fourth-order valence-corrected chi connectivity index (χ4v) is 3.99. The Bertz CT molecular complexity index is 683. The van der Waals surface area contributed by atoms with Crippen molar-refractivity contribution in [1.82, 2.24) is 9.80 Å². The van der Waals surface area contributed by atoms with Crippen LogP contribution < -0.4 is 0 Å². The number of carbonyl (C=O) groups excluding carboxylic acids is 1. The zero-order valence-electron chi connectivity index (χ0n) is 13.5. The molecule has 122 valence electrons. The van der Waals surface area contributed by atoms with E-state index in [1.165, 1.54) is 22.6 Å². The molecule has 0 radical (unpaired) electrons. The number of nitrogens with zero attached hydrogens (tertiary/aromatic N) is 2. The van der Waals surface area contributed by atoms with Crippen LogP contribution in [0.15, 0.2) is 35.7 Å². The molecule has 1 aliphatic rings. The Balaban J connectivity index is 1.59. The Morgan fingerprint density at radius 2 is 2.09 bits per heavy atom. The molecule has 3 rings (SSSR count). The molecule has 1 aromatic heterocycles. The number of halogens is 1. The summed E-state index contributed by atoms with van der Waals surface area (Å²) in [6, 6.07) is 8.76. The van der Waals surface area contributed by atoms with E-state index in [9.17, 15) is 9.18 Å². The first-order valence-corrected chi connectivity index (χ1v) is 8.71. The monoisotopic (exact) mass is 332 g/mol. The summed E-state index contributed by atoms with van der Waals surface area (Å²) < 4.78 is 12.9. The van der Waals surface area contributed by atoms with Crippen LogP contribution in [0.2, 0.25) is 0 Å². The maximum atomic E-state index is 12.9. The molecule has 2 aromatic rings. The van der Waals surface area contributed by atoms with Crippen molar-refractivity contribution in [3.63, 3.8) is 0 Å². The van der Waals surface area contributed by atoms with Gasteiger partial charge in [-0.25, -0.2) is 4.39 Å². The Morgan fingerprint density at radius 1 is 1.35 bits per heavy atom. The van der Waals surface area contributed by atoms with Crippen LogP contribution in [0, 0.1) is 5.82 Å². The van der Waals surface area contributed by atoms with Gasteiger partial charge in [-0.3, -0.25) is 9.69 Å². The molecule has 1 aromatic carbocycles. The van der Waals surface area contributed by atoms with Crippen LogP contribution in [-0.2, 0) is 17.8 Å². The third-order valence-electron chi connectivity index (χ3n) is 4.50. The fourth-order valence-electron chi connectivity index (χ4n) is 3.02. The van der Waals surface area contributed by atoms with Crippen molar-refractivity contribution in [1.29, 1.82) is 0 Å². The number of amides is 1. The van der Waals surface area contributed by atoms with E-state index in [1.807, 2.05) is 0 Å². The zero-order chi connectivity index (χ0) is 16.4. The van der Waals surface area contributed by atoms with Crippen LogP contribution >= 0.6 is 11.3 Å². The molecule has 5 heteroatoms. The molecule has 23 heavy (non-hydrogen) atoms. The summed E-state index contributed by atoms with van der Waals surface area (Å²) in [7, 11) is 1.80. The second-order valence-electron chi connectivity index (χ2n) is 6.07. The van der Waals surface area contributed by atoms with Crippen LogP contribution in [0.25, 0.3) is 0 Å². The third kappa shape index (κ3) is 3.62. The predicted octanol–water partition coefficient (Wildman–Crippen LogP) is 3.46. The third-order valence-corrected chi connectivity index (χ3v) is 5.50. The van der Waals surface area contributed by atoms with E-state index in [2.05, 4.69) is 23.3 Å². The zero-order valence-corrected chi connectivity index (χ0v) is 14.3. The van der Waals surface area contributed by atoms with Gasteiger partial charge in [0, 0.05) is 31.1 Å². The van der Waals surface area contributed by atoms with Crippen LogP contribution in [0.1, 0.15) is 29.0 Å². The molecule has 2 heterocycles. The van der Waals surface area contributed by atoms with Gasteiger partial charge < -0.3 is 4.90 Å². The number of benzene rings is 1. The first-order valence-electron chi connectivity index (χ1n) is 7.83. The van der Waals surface area contributed by atoms with Crippen molar-refractivity contribution >= 4 is 17.2 Å². The molecule has 1 atom stereocenters. The lowest BCUT2D eigenvalue weighted by Gasteiger charge is -2.34. The molecule has 3 nitrogen and oxygen atoms in total. The highest BCUT2D eigenvalue weighted by Crippen LogP contribution is 2.32. The molecule has 0 saturated heterocycles. The van der Waals surface area contributed by atoms with Crippen LogP contribution in [0.4, 0.5) is 4.39 Å². The molecule has 1 unspecified atom stereocenters. The van der Waals surface area contributed by atoms with Gasteiger partial charge in [0.2, 0.25) is 5.91 Å². The first-order chi connectivity index (χ1) is 11.0. The van der Waals surface area contributed by atoms with Crippen molar-refractivity contribution in [2.45, 2.75) is 25.9 Å². The normalized spacial score (nSPS) is 17.8. The summed E-state index contributed by atoms with van der Waals surface area (Å²) in [5, 5.41) is 2.13. The van der Waals surface area contributed by atoms with Gasteiger partial charge >= 0.3 is 0 Å². The maximum Gasteiger partial charge on any atom is 0.236 e. The minimum absolute atomic E-state index is 0.0971. The van der Waals surface area contributed by atoms with Gasteiger partial charge in [-0.1, -0.05) is 12.1 Å². The SMILES string of the molecule is CC1c2ccsc2CCN1CC(=O)N(C)Cc1ccc(F)cc1. The number of hydrogen-bond donors (Lipinski definition) is 0. The number of likely N-dealkylation sites (N-methyl/N-ethyl adjacent to an activating group) is 1. The molecule has 0 N–H and O–H groups in total. The van der Waals surface area contributed by atoms with Crippen molar-refractivity contribution in [3.05, 3.63) is 57.5 Å². The summed E-state index contributed by atoms with van der Waals surface area (Å²) in [5.41, 5.74) is 2.30. The average Bonchev–Trinajstić information content (AvgIpc) is 3.01. The standard InChI is InChI=1S/C18H21FN2OS/c1-13-16-8-10-23-17(16)7-9-21(13)12-18(22)20(2)11-14-3-5-15(19)6-4-14/h3-6,8,10,13H,7,9,11-12H2,1-2H3. The van der Waals surface area contributed by atoms with Gasteiger partial charge in [0.05, 0.1) is 6.54 Å². The second-order valence-corrected chi connectivity index (χ2v) is 7.07. The number of hydrogen-bond acceptors (Lipinski definition) is 3. The molecular formula is C18H21FN2OS. The summed E-state index contributed by atoms with van der Waals surface area (Å²) in [4.78, 5) is 17.9. The second kappa shape index (κ2) is 6.81. The summed E-state index contributed by atoms with van der Waals surface area (Å²) in [5.74, 6) is -0.156. The van der Waals surface area contributed by atoms with E-state index in [0.717, 1.165) is 18.5 Å². The van der Waals surface area contributed by atoms with Gasteiger partial charge in [0.1, 0.15) is 5.82 Å². The largest absolute Gasteiger partial charge is 0.340 e. The molecule has 1 aliphatic heterocycles. The molecule has 0 spiro atoms. The highest BCUT2D eigenvalue weighted by atomic mass is 32.1. The molecule has 1 amide bonds. The van der Waals surface area contributed by atoms with E-state index in [-0.39, 0.29) is 17.8 Å². The lowest BCUT2D eigenvalue weighted by molar-refractivity contribution is -0.132.